The van der Waals surface area contributed by atoms with Crippen molar-refractivity contribution in [3.63, 3.8) is 0 Å². The number of hydrogen-bond acceptors (Lipinski definition) is 5. The maximum Gasteiger partial charge on any atom is 0.336 e. The van der Waals surface area contributed by atoms with Gasteiger partial charge in [-0.25, -0.2) is 4.79 Å². The Morgan fingerprint density at radius 1 is 1.33 bits per heavy atom. The normalized spacial score (nSPS) is 18.0. The van der Waals surface area contributed by atoms with Crippen molar-refractivity contribution in [3.8, 4) is 5.75 Å². The highest BCUT2D eigenvalue weighted by Crippen LogP contribution is 2.30. The van der Waals surface area contributed by atoms with Crippen LogP contribution in [0.4, 0.5) is 0 Å². The van der Waals surface area contributed by atoms with Crippen LogP contribution in [-0.4, -0.2) is 32.9 Å². The van der Waals surface area contributed by atoms with E-state index in [9.17, 15) is 4.79 Å². The van der Waals surface area contributed by atoms with Crippen molar-refractivity contribution in [1.82, 2.24) is 5.32 Å². The molecule has 0 bridgehead atoms. The zero-order chi connectivity index (χ0) is 16.2. The van der Waals surface area contributed by atoms with Crippen LogP contribution in [0.25, 0.3) is 11.0 Å². The third-order valence-electron chi connectivity index (χ3n) is 4.10. The van der Waals surface area contributed by atoms with Crippen LogP contribution in [0.2, 0.25) is 0 Å². The summed E-state index contributed by atoms with van der Waals surface area (Å²) in [5.41, 5.74) is 2.26. The average molecular weight is 354 g/mol. The Balaban J connectivity index is 0.00000208. The summed E-state index contributed by atoms with van der Waals surface area (Å²) in [7, 11) is 0. The Bertz CT molecular complexity index is 736. The predicted octanol–water partition coefficient (Wildman–Crippen LogP) is 2.70. The topological polar surface area (TPSA) is 60.7 Å². The molecule has 1 fully saturated rings. The second-order valence-electron chi connectivity index (χ2n) is 6.04. The molecule has 3 rings (SSSR count). The molecule has 5 nitrogen and oxygen atoms in total. The van der Waals surface area contributed by atoms with E-state index >= 15 is 0 Å². The third kappa shape index (κ3) is 4.29. The fourth-order valence-corrected chi connectivity index (χ4v) is 2.94. The van der Waals surface area contributed by atoms with Gasteiger partial charge < -0.3 is 19.2 Å². The van der Waals surface area contributed by atoms with Crippen LogP contribution in [0.15, 0.2) is 27.4 Å². The van der Waals surface area contributed by atoms with E-state index in [-0.39, 0.29) is 18.0 Å². The molecule has 0 spiro atoms. The molecule has 1 N–H and O–H groups in total. The standard InChI is InChI=1S/C18H23NO4.ClH/c1-3-14-8-17(20)23-16-7-12(2)6-15(18(14)16)22-11-13-9-19-4-5-21-10-13;/h6-8,13,19H,3-5,9-11H2,1-2H3;1H. The molecule has 0 radical (unpaired) electrons. The number of halogens is 1. The zero-order valence-corrected chi connectivity index (χ0v) is 14.9. The number of ether oxygens (including phenoxy) is 2. The first-order chi connectivity index (χ1) is 11.2. The van der Waals surface area contributed by atoms with Gasteiger partial charge in [-0.1, -0.05) is 6.92 Å². The van der Waals surface area contributed by atoms with E-state index in [1.807, 2.05) is 26.0 Å². The largest absolute Gasteiger partial charge is 0.492 e. The minimum absolute atomic E-state index is 0. The summed E-state index contributed by atoms with van der Waals surface area (Å²) < 4.78 is 17.0. The molecule has 1 unspecified atom stereocenters. The van der Waals surface area contributed by atoms with E-state index in [4.69, 9.17) is 13.9 Å². The van der Waals surface area contributed by atoms with E-state index in [0.717, 1.165) is 48.4 Å². The van der Waals surface area contributed by atoms with Gasteiger partial charge in [0.05, 0.1) is 25.2 Å². The van der Waals surface area contributed by atoms with Crippen LogP contribution in [-0.2, 0) is 11.2 Å². The first-order valence-corrected chi connectivity index (χ1v) is 8.16. The van der Waals surface area contributed by atoms with E-state index in [0.29, 0.717) is 24.7 Å². The number of nitrogens with one attached hydrogen (secondary N) is 1. The van der Waals surface area contributed by atoms with E-state index < -0.39 is 0 Å². The quantitative estimate of drug-likeness (QED) is 0.856. The van der Waals surface area contributed by atoms with Crippen molar-refractivity contribution in [1.29, 1.82) is 0 Å². The molecule has 0 saturated carbocycles. The van der Waals surface area contributed by atoms with Gasteiger partial charge in [0.1, 0.15) is 11.3 Å². The SMILES string of the molecule is CCc1cc(=O)oc2cc(C)cc(OCC3CNCCOC3)c12.Cl. The summed E-state index contributed by atoms with van der Waals surface area (Å²) in [4.78, 5) is 11.7. The van der Waals surface area contributed by atoms with Crippen molar-refractivity contribution in [2.45, 2.75) is 20.3 Å². The fourth-order valence-electron chi connectivity index (χ4n) is 2.94. The van der Waals surface area contributed by atoms with Gasteiger partial charge in [-0.3, -0.25) is 0 Å². The minimum Gasteiger partial charge on any atom is -0.492 e. The molecule has 24 heavy (non-hydrogen) atoms. The molecular formula is C18H24ClNO4. The highest BCUT2D eigenvalue weighted by molar-refractivity contribution is 5.87. The number of benzene rings is 1. The van der Waals surface area contributed by atoms with E-state index in [2.05, 4.69) is 5.32 Å². The van der Waals surface area contributed by atoms with Gasteiger partial charge in [-0.2, -0.15) is 0 Å². The van der Waals surface area contributed by atoms with E-state index in [1.54, 1.807) is 6.07 Å². The number of aryl methyl sites for hydroxylation is 2. The number of hydrogen-bond donors (Lipinski definition) is 1. The molecule has 1 aromatic carbocycles. The summed E-state index contributed by atoms with van der Waals surface area (Å²) in [5.74, 6) is 1.10. The Morgan fingerprint density at radius 2 is 2.17 bits per heavy atom. The molecule has 1 saturated heterocycles. The lowest BCUT2D eigenvalue weighted by Gasteiger charge is -2.17. The fraction of sp³-hybridized carbons (Fsp3) is 0.500. The lowest BCUT2D eigenvalue weighted by molar-refractivity contribution is 0.102. The van der Waals surface area contributed by atoms with E-state index in [1.165, 1.54) is 0 Å². The van der Waals surface area contributed by atoms with Gasteiger partial charge in [0.15, 0.2) is 0 Å². The van der Waals surface area contributed by atoms with Crippen molar-refractivity contribution in [2.24, 2.45) is 5.92 Å². The molecule has 0 amide bonds. The van der Waals surface area contributed by atoms with Crippen molar-refractivity contribution < 1.29 is 13.9 Å². The van der Waals surface area contributed by atoms with Gasteiger partial charge in [0, 0.05) is 25.1 Å². The second-order valence-corrected chi connectivity index (χ2v) is 6.04. The Labute approximate surface area is 147 Å². The van der Waals surface area contributed by atoms with Gasteiger partial charge in [-0.05, 0) is 36.6 Å². The third-order valence-corrected chi connectivity index (χ3v) is 4.10. The molecule has 1 atom stereocenters. The highest BCUT2D eigenvalue weighted by Gasteiger charge is 2.16. The lowest BCUT2D eigenvalue weighted by Crippen LogP contribution is -2.27. The average Bonchev–Trinajstić information content (AvgIpc) is 2.79. The molecule has 2 aromatic rings. The van der Waals surface area contributed by atoms with Crippen LogP contribution in [0.1, 0.15) is 18.1 Å². The van der Waals surface area contributed by atoms with Crippen LogP contribution in [0.5, 0.6) is 5.75 Å². The molecule has 2 heterocycles. The first kappa shape index (κ1) is 18.8. The summed E-state index contributed by atoms with van der Waals surface area (Å²) in [6.45, 7) is 7.80. The summed E-state index contributed by atoms with van der Waals surface area (Å²) in [6, 6.07) is 5.45. The molecular weight excluding hydrogens is 330 g/mol. The van der Waals surface area contributed by atoms with Crippen molar-refractivity contribution >= 4 is 23.4 Å². The second kappa shape index (κ2) is 8.51. The molecule has 1 aliphatic heterocycles. The van der Waals surface area contributed by atoms with Gasteiger partial charge in [0.25, 0.3) is 0 Å². The molecule has 1 aromatic heterocycles. The van der Waals surface area contributed by atoms with Gasteiger partial charge >= 0.3 is 5.63 Å². The van der Waals surface area contributed by atoms with Crippen LogP contribution in [0.3, 0.4) is 0 Å². The summed E-state index contributed by atoms with van der Waals surface area (Å²) in [6.07, 6.45) is 0.760. The molecule has 1 aliphatic rings. The Kier molecular flexibility index (Phi) is 6.66. The van der Waals surface area contributed by atoms with Gasteiger partial charge in [-0.15, -0.1) is 12.4 Å². The first-order valence-electron chi connectivity index (χ1n) is 8.16. The Hall–Kier alpha value is -1.56. The highest BCUT2D eigenvalue weighted by atomic mass is 35.5. The molecule has 132 valence electrons. The monoisotopic (exact) mass is 353 g/mol. The number of rotatable bonds is 4. The molecule has 0 aliphatic carbocycles. The van der Waals surface area contributed by atoms with Crippen LogP contribution >= 0.6 is 12.4 Å². The molecule has 6 heteroatoms. The summed E-state index contributed by atoms with van der Waals surface area (Å²) in [5, 5.41) is 4.25. The van der Waals surface area contributed by atoms with Crippen LogP contribution in [0, 0.1) is 12.8 Å². The maximum atomic E-state index is 11.7. The number of fused-ring (bicyclic) bond motifs is 1. The zero-order valence-electron chi connectivity index (χ0n) is 14.1. The smallest absolute Gasteiger partial charge is 0.336 e. The Morgan fingerprint density at radius 3 is 2.96 bits per heavy atom. The predicted molar refractivity (Wildman–Crippen MR) is 96.5 cm³/mol. The van der Waals surface area contributed by atoms with Crippen molar-refractivity contribution in [2.75, 3.05) is 32.9 Å². The van der Waals surface area contributed by atoms with Gasteiger partial charge in [0.2, 0.25) is 0 Å². The van der Waals surface area contributed by atoms with Crippen molar-refractivity contribution in [3.05, 3.63) is 39.7 Å². The lowest BCUT2D eigenvalue weighted by atomic mass is 10.0. The maximum absolute atomic E-state index is 11.7. The van der Waals surface area contributed by atoms with Crippen LogP contribution < -0.4 is 15.7 Å². The minimum atomic E-state index is -0.313. The summed E-state index contributed by atoms with van der Waals surface area (Å²) >= 11 is 0.